The third kappa shape index (κ3) is 3.34. The molecule has 0 amide bonds. The molecular weight excluding hydrogens is 194 g/mol. The first-order valence-corrected chi connectivity index (χ1v) is 6.67. The van der Waals surface area contributed by atoms with Crippen LogP contribution in [0.2, 0.25) is 0 Å². The fourth-order valence-electron chi connectivity index (χ4n) is 2.55. The predicted octanol–water partition coefficient (Wildman–Crippen LogP) is 3.18. The molecule has 1 aliphatic heterocycles. The number of hydrogen-bond donors (Lipinski definition) is 1. The minimum atomic E-state index is 0.950. The van der Waals surface area contributed by atoms with Crippen LogP contribution in [0.25, 0.3) is 0 Å². The highest BCUT2D eigenvalue weighted by Gasteiger charge is 2.12. The van der Waals surface area contributed by atoms with Gasteiger partial charge in [-0.25, -0.2) is 0 Å². The highest BCUT2D eigenvalue weighted by atomic mass is 14.9. The number of nitrogens with one attached hydrogen (secondary N) is 1. The van der Waals surface area contributed by atoms with Crippen molar-refractivity contribution >= 4 is 0 Å². The average Bonchev–Trinajstić information content (AvgIpc) is 2.38. The number of rotatable bonds is 4. The van der Waals surface area contributed by atoms with Crippen LogP contribution in [0.4, 0.5) is 0 Å². The predicted molar refractivity (Wildman–Crippen MR) is 69.7 cm³/mol. The van der Waals surface area contributed by atoms with Crippen LogP contribution in [-0.4, -0.2) is 13.1 Å². The second kappa shape index (κ2) is 6.05. The van der Waals surface area contributed by atoms with Crippen molar-refractivity contribution in [1.29, 1.82) is 0 Å². The SMILES string of the molecule is CCc1cccc(CCC2CCNCC2)c1. The van der Waals surface area contributed by atoms with Gasteiger partial charge in [-0.15, -0.1) is 0 Å². The lowest BCUT2D eigenvalue weighted by Crippen LogP contribution is -2.27. The highest BCUT2D eigenvalue weighted by Crippen LogP contribution is 2.19. The van der Waals surface area contributed by atoms with Gasteiger partial charge in [-0.05, 0) is 62.2 Å². The van der Waals surface area contributed by atoms with Crippen molar-refractivity contribution < 1.29 is 0 Å². The molecule has 1 saturated heterocycles. The van der Waals surface area contributed by atoms with Crippen molar-refractivity contribution in [3.8, 4) is 0 Å². The zero-order valence-corrected chi connectivity index (χ0v) is 10.3. The fraction of sp³-hybridized carbons (Fsp3) is 0.600. The van der Waals surface area contributed by atoms with Gasteiger partial charge < -0.3 is 5.32 Å². The minimum Gasteiger partial charge on any atom is -0.317 e. The Labute approximate surface area is 99.3 Å². The Morgan fingerprint density at radius 2 is 1.94 bits per heavy atom. The van der Waals surface area contributed by atoms with E-state index >= 15 is 0 Å². The Hall–Kier alpha value is -0.820. The molecule has 0 atom stereocenters. The van der Waals surface area contributed by atoms with Crippen LogP contribution >= 0.6 is 0 Å². The Bertz CT molecular complexity index is 313. The van der Waals surface area contributed by atoms with Gasteiger partial charge in [0.15, 0.2) is 0 Å². The zero-order chi connectivity index (χ0) is 11.2. The second-order valence-corrected chi connectivity index (χ2v) is 4.91. The van der Waals surface area contributed by atoms with Crippen LogP contribution in [0.15, 0.2) is 24.3 Å². The Balaban J connectivity index is 1.83. The van der Waals surface area contributed by atoms with Crippen molar-refractivity contribution in [2.75, 3.05) is 13.1 Å². The Kier molecular flexibility index (Phi) is 4.41. The largest absolute Gasteiger partial charge is 0.317 e. The molecule has 1 fully saturated rings. The van der Waals surface area contributed by atoms with Crippen LogP contribution < -0.4 is 5.32 Å². The standard InChI is InChI=1S/C15H23N/c1-2-13-4-3-5-15(12-13)7-6-14-8-10-16-11-9-14/h3-5,12,14,16H,2,6-11H2,1H3. The van der Waals surface area contributed by atoms with Crippen molar-refractivity contribution in [3.63, 3.8) is 0 Å². The van der Waals surface area contributed by atoms with Crippen molar-refractivity contribution in [2.24, 2.45) is 5.92 Å². The first kappa shape index (κ1) is 11.7. The molecule has 1 N–H and O–H groups in total. The van der Waals surface area contributed by atoms with Gasteiger partial charge in [0.2, 0.25) is 0 Å². The van der Waals surface area contributed by atoms with Gasteiger partial charge in [0.05, 0.1) is 0 Å². The molecule has 1 heteroatoms. The molecule has 0 radical (unpaired) electrons. The van der Waals surface area contributed by atoms with Crippen molar-refractivity contribution in [1.82, 2.24) is 5.32 Å². The summed E-state index contributed by atoms with van der Waals surface area (Å²) in [7, 11) is 0. The summed E-state index contributed by atoms with van der Waals surface area (Å²) in [6, 6.07) is 9.09. The van der Waals surface area contributed by atoms with E-state index in [0.29, 0.717) is 0 Å². The van der Waals surface area contributed by atoms with Gasteiger partial charge >= 0.3 is 0 Å². The maximum Gasteiger partial charge on any atom is -0.00463 e. The van der Waals surface area contributed by atoms with Gasteiger partial charge in [-0.3, -0.25) is 0 Å². The maximum atomic E-state index is 3.43. The maximum absolute atomic E-state index is 3.43. The fourth-order valence-corrected chi connectivity index (χ4v) is 2.55. The number of benzene rings is 1. The summed E-state index contributed by atoms with van der Waals surface area (Å²) < 4.78 is 0. The molecular formula is C15H23N. The molecule has 0 aliphatic carbocycles. The number of aryl methyl sites for hydroxylation is 2. The van der Waals surface area contributed by atoms with E-state index in [1.807, 2.05) is 0 Å². The summed E-state index contributed by atoms with van der Waals surface area (Å²) in [4.78, 5) is 0. The van der Waals surface area contributed by atoms with E-state index in [2.05, 4.69) is 36.5 Å². The van der Waals surface area contributed by atoms with E-state index in [1.165, 1.54) is 49.9 Å². The molecule has 2 rings (SSSR count). The molecule has 1 aromatic carbocycles. The van der Waals surface area contributed by atoms with E-state index in [-0.39, 0.29) is 0 Å². The van der Waals surface area contributed by atoms with Gasteiger partial charge in [-0.2, -0.15) is 0 Å². The summed E-state index contributed by atoms with van der Waals surface area (Å²) in [5.41, 5.74) is 3.00. The summed E-state index contributed by atoms with van der Waals surface area (Å²) >= 11 is 0. The van der Waals surface area contributed by atoms with E-state index in [4.69, 9.17) is 0 Å². The Morgan fingerprint density at radius 1 is 1.19 bits per heavy atom. The average molecular weight is 217 g/mol. The normalized spacial score (nSPS) is 17.6. The molecule has 0 saturated carbocycles. The molecule has 1 aromatic rings. The van der Waals surface area contributed by atoms with E-state index in [0.717, 1.165) is 12.3 Å². The van der Waals surface area contributed by atoms with Crippen LogP contribution in [-0.2, 0) is 12.8 Å². The molecule has 1 aliphatic rings. The number of piperidine rings is 1. The highest BCUT2D eigenvalue weighted by molar-refractivity contribution is 5.23. The zero-order valence-electron chi connectivity index (χ0n) is 10.3. The van der Waals surface area contributed by atoms with Crippen LogP contribution in [0.1, 0.15) is 37.3 Å². The molecule has 0 spiro atoms. The van der Waals surface area contributed by atoms with Gasteiger partial charge in [0, 0.05) is 0 Å². The summed E-state index contributed by atoms with van der Waals surface area (Å²) in [6.45, 7) is 4.67. The second-order valence-electron chi connectivity index (χ2n) is 4.91. The lowest BCUT2D eigenvalue weighted by molar-refractivity contribution is 0.354. The molecule has 1 heterocycles. The molecule has 0 bridgehead atoms. The summed E-state index contributed by atoms with van der Waals surface area (Å²) in [5.74, 6) is 0.950. The Morgan fingerprint density at radius 3 is 2.69 bits per heavy atom. The van der Waals surface area contributed by atoms with Gasteiger partial charge in [0.25, 0.3) is 0 Å². The van der Waals surface area contributed by atoms with E-state index in [1.54, 1.807) is 0 Å². The van der Waals surface area contributed by atoms with Crippen LogP contribution in [0, 0.1) is 5.92 Å². The molecule has 1 nitrogen and oxygen atoms in total. The summed E-state index contributed by atoms with van der Waals surface area (Å²) in [6.07, 6.45) is 6.52. The summed E-state index contributed by atoms with van der Waals surface area (Å²) in [5, 5.41) is 3.43. The third-order valence-electron chi connectivity index (χ3n) is 3.70. The lowest BCUT2D eigenvalue weighted by atomic mass is 9.91. The molecule has 16 heavy (non-hydrogen) atoms. The smallest absolute Gasteiger partial charge is 0.00463 e. The molecule has 0 unspecified atom stereocenters. The van der Waals surface area contributed by atoms with Crippen molar-refractivity contribution in [3.05, 3.63) is 35.4 Å². The monoisotopic (exact) mass is 217 g/mol. The topological polar surface area (TPSA) is 12.0 Å². The van der Waals surface area contributed by atoms with E-state index < -0.39 is 0 Å². The molecule has 0 aromatic heterocycles. The van der Waals surface area contributed by atoms with Crippen molar-refractivity contribution in [2.45, 2.75) is 39.0 Å². The van der Waals surface area contributed by atoms with Gasteiger partial charge in [-0.1, -0.05) is 31.2 Å². The van der Waals surface area contributed by atoms with Crippen LogP contribution in [0.5, 0.6) is 0 Å². The van der Waals surface area contributed by atoms with Crippen LogP contribution in [0.3, 0.4) is 0 Å². The lowest BCUT2D eigenvalue weighted by Gasteiger charge is -2.22. The van der Waals surface area contributed by atoms with E-state index in [9.17, 15) is 0 Å². The minimum absolute atomic E-state index is 0.950. The molecule has 88 valence electrons. The number of hydrogen-bond acceptors (Lipinski definition) is 1. The quantitative estimate of drug-likeness (QED) is 0.817. The first-order valence-electron chi connectivity index (χ1n) is 6.67. The van der Waals surface area contributed by atoms with Gasteiger partial charge in [0.1, 0.15) is 0 Å². The third-order valence-corrected chi connectivity index (χ3v) is 3.70. The first-order chi connectivity index (χ1) is 7.88.